The quantitative estimate of drug-likeness (QED) is 0.562. The average molecular weight is 275 g/mol. The summed E-state index contributed by atoms with van der Waals surface area (Å²) in [4.78, 5) is 6.73. The summed E-state index contributed by atoms with van der Waals surface area (Å²) >= 11 is 0. The van der Waals surface area contributed by atoms with Gasteiger partial charge in [0.25, 0.3) is 0 Å². The molecule has 0 spiro atoms. The molecule has 5 heteroatoms. The minimum atomic E-state index is 0.290. The van der Waals surface area contributed by atoms with Gasteiger partial charge in [-0.3, -0.25) is 16.3 Å². The van der Waals surface area contributed by atoms with E-state index >= 15 is 0 Å². The molecular weight excluding hydrogens is 250 g/mol. The summed E-state index contributed by atoms with van der Waals surface area (Å²) in [6.07, 6.45) is 9.62. The van der Waals surface area contributed by atoms with Gasteiger partial charge in [-0.1, -0.05) is 0 Å². The molecule has 110 valence electrons. The number of nitrogens with zero attached hydrogens (tertiary/aromatic N) is 2. The normalized spacial score (nSPS) is 31.4. The summed E-state index contributed by atoms with van der Waals surface area (Å²) in [5, 5.41) is 0. The number of fused-ring (bicyclic) bond motifs is 2. The molecule has 0 aromatic carbocycles. The molecule has 1 aromatic rings. The molecule has 0 aliphatic carbocycles. The molecule has 20 heavy (non-hydrogen) atoms. The Morgan fingerprint density at radius 2 is 2.10 bits per heavy atom. The predicted octanol–water partition coefficient (Wildman–Crippen LogP) is 0.911. The Morgan fingerprint density at radius 1 is 1.40 bits per heavy atom. The lowest BCUT2D eigenvalue weighted by Crippen LogP contribution is -2.49. The van der Waals surface area contributed by atoms with Gasteiger partial charge < -0.3 is 10.6 Å². The number of aromatic nitrogens is 1. The van der Waals surface area contributed by atoms with E-state index in [1.54, 1.807) is 6.20 Å². The first-order chi connectivity index (χ1) is 9.69. The molecule has 0 saturated carbocycles. The molecule has 5 N–H and O–H groups in total. The van der Waals surface area contributed by atoms with Gasteiger partial charge in [0.2, 0.25) is 0 Å². The van der Waals surface area contributed by atoms with Crippen LogP contribution in [0.15, 0.2) is 18.5 Å². The van der Waals surface area contributed by atoms with Crippen molar-refractivity contribution in [3.05, 3.63) is 24.0 Å². The summed E-state index contributed by atoms with van der Waals surface area (Å²) in [6.45, 7) is 0. The number of nitrogens with one attached hydrogen (secondary N) is 1. The zero-order chi connectivity index (χ0) is 14.1. The van der Waals surface area contributed by atoms with Gasteiger partial charge in [-0.2, -0.15) is 0 Å². The minimum Gasteiger partial charge on any atom is -0.398 e. The van der Waals surface area contributed by atoms with Crippen molar-refractivity contribution in [2.75, 3.05) is 12.8 Å². The third-order valence-corrected chi connectivity index (χ3v) is 5.30. The van der Waals surface area contributed by atoms with E-state index in [0.717, 1.165) is 29.8 Å². The summed E-state index contributed by atoms with van der Waals surface area (Å²) in [5.74, 6) is 6.46. The van der Waals surface area contributed by atoms with Crippen molar-refractivity contribution >= 4 is 5.69 Å². The minimum absolute atomic E-state index is 0.290. The van der Waals surface area contributed by atoms with Crippen LogP contribution in [0, 0.1) is 5.92 Å². The summed E-state index contributed by atoms with van der Waals surface area (Å²) in [5.41, 5.74) is 11.0. The van der Waals surface area contributed by atoms with Gasteiger partial charge in [0, 0.05) is 36.2 Å². The van der Waals surface area contributed by atoms with Crippen LogP contribution in [0.25, 0.3) is 0 Å². The number of hydrogen-bond acceptors (Lipinski definition) is 5. The van der Waals surface area contributed by atoms with Crippen LogP contribution in [0.3, 0.4) is 0 Å². The van der Waals surface area contributed by atoms with Crippen molar-refractivity contribution in [1.29, 1.82) is 0 Å². The second-order valence-electron chi connectivity index (χ2n) is 6.33. The first kappa shape index (κ1) is 13.8. The maximum atomic E-state index is 6.03. The third kappa shape index (κ3) is 2.53. The van der Waals surface area contributed by atoms with Crippen LogP contribution in [-0.4, -0.2) is 35.1 Å². The maximum Gasteiger partial charge on any atom is 0.0378 e. The van der Waals surface area contributed by atoms with E-state index in [0.29, 0.717) is 12.0 Å². The fraction of sp³-hybridized carbons (Fsp3) is 0.667. The Bertz CT molecular complexity index is 449. The number of piperidine rings is 1. The molecule has 3 rings (SSSR count). The Hall–Kier alpha value is -1.17. The van der Waals surface area contributed by atoms with Crippen molar-refractivity contribution in [2.24, 2.45) is 11.8 Å². The summed E-state index contributed by atoms with van der Waals surface area (Å²) in [7, 11) is 2.27. The second kappa shape index (κ2) is 5.68. The van der Waals surface area contributed by atoms with Crippen molar-refractivity contribution in [3.8, 4) is 0 Å². The molecule has 2 saturated heterocycles. The van der Waals surface area contributed by atoms with Gasteiger partial charge in [-0.25, -0.2) is 0 Å². The lowest BCUT2D eigenvalue weighted by atomic mass is 9.83. The highest BCUT2D eigenvalue weighted by molar-refractivity contribution is 5.44. The zero-order valence-electron chi connectivity index (χ0n) is 12.1. The molecule has 3 unspecified atom stereocenters. The molecule has 2 aliphatic rings. The third-order valence-electron chi connectivity index (χ3n) is 5.30. The van der Waals surface area contributed by atoms with E-state index < -0.39 is 0 Å². The molecule has 0 radical (unpaired) electrons. The topological polar surface area (TPSA) is 80.2 Å². The molecule has 2 aliphatic heterocycles. The SMILES string of the molecule is CN1C2CCC1CC(C(Cc1cnccc1N)NN)C2. The van der Waals surface area contributed by atoms with Crippen LogP contribution in [0.2, 0.25) is 0 Å². The molecule has 3 heterocycles. The largest absolute Gasteiger partial charge is 0.398 e. The number of hydrazine groups is 1. The van der Waals surface area contributed by atoms with Crippen molar-refractivity contribution in [3.63, 3.8) is 0 Å². The van der Waals surface area contributed by atoms with Gasteiger partial charge in [0.1, 0.15) is 0 Å². The smallest absolute Gasteiger partial charge is 0.0378 e. The van der Waals surface area contributed by atoms with Gasteiger partial charge >= 0.3 is 0 Å². The number of hydrogen-bond donors (Lipinski definition) is 3. The molecule has 5 nitrogen and oxygen atoms in total. The number of rotatable bonds is 4. The van der Waals surface area contributed by atoms with Gasteiger partial charge in [0.05, 0.1) is 0 Å². The van der Waals surface area contributed by atoms with Crippen LogP contribution in [0.1, 0.15) is 31.2 Å². The Morgan fingerprint density at radius 3 is 2.70 bits per heavy atom. The Labute approximate surface area is 120 Å². The van der Waals surface area contributed by atoms with E-state index in [1.807, 2.05) is 12.3 Å². The lowest BCUT2D eigenvalue weighted by Gasteiger charge is -2.39. The standard InChI is InChI=1S/C15H25N5/c1-20-12-2-3-13(20)7-10(6-12)15(19-17)8-11-9-18-5-4-14(11)16/h4-5,9-10,12-13,15,19H,2-3,6-8,17H2,1H3,(H2,16,18). The van der Waals surface area contributed by atoms with Crippen LogP contribution in [0.4, 0.5) is 5.69 Å². The Kier molecular flexibility index (Phi) is 3.92. The highest BCUT2D eigenvalue weighted by Crippen LogP contribution is 2.39. The highest BCUT2D eigenvalue weighted by Gasteiger charge is 2.40. The van der Waals surface area contributed by atoms with E-state index in [2.05, 4.69) is 22.4 Å². The fourth-order valence-corrected chi connectivity index (χ4v) is 3.99. The van der Waals surface area contributed by atoms with Crippen LogP contribution < -0.4 is 17.0 Å². The first-order valence-corrected chi connectivity index (χ1v) is 7.55. The van der Waals surface area contributed by atoms with Crippen LogP contribution >= 0.6 is 0 Å². The van der Waals surface area contributed by atoms with Crippen LogP contribution in [0.5, 0.6) is 0 Å². The number of nitrogen functional groups attached to an aromatic ring is 1. The highest BCUT2D eigenvalue weighted by atomic mass is 15.2. The second-order valence-corrected chi connectivity index (χ2v) is 6.33. The number of anilines is 1. The van der Waals surface area contributed by atoms with E-state index in [-0.39, 0.29) is 0 Å². The van der Waals surface area contributed by atoms with Gasteiger partial charge in [-0.15, -0.1) is 0 Å². The monoisotopic (exact) mass is 275 g/mol. The average Bonchev–Trinajstić information content (AvgIpc) is 2.67. The van der Waals surface area contributed by atoms with Crippen molar-refractivity contribution < 1.29 is 0 Å². The molecule has 1 aromatic heterocycles. The van der Waals surface area contributed by atoms with E-state index in [4.69, 9.17) is 11.6 Å². The van der Waals surface area contributed by atoms with E-state index in [9.17, 15) is 0 Å². The van der Waals surface area contributed by atoms with Gasteiger partial charge in [-0.05, 0) is 56.7 Å². The molecule has 0 amide bonds. The van der Waals surface area contributed by atoms with Crippen molar-refractivity contribution in [2.45, 2.75) is 50.2 Å². The molecule has 2 bridgehead atoms. The summed E-state index contributed by atoms with van der Waals surface area (Å²) < 4.78 is 0. The maximum absolute atomic E-state index is 6.03. The molecule has 3 atom stereocenters. The van der Waals surface area contributed by atoms with Gasteiger partial charge in [0.15, 0.2) is 0 Å². The van der Waals surface area contributed by atoms with Crippen molar-refractivity contribution in [1.82, 2.24) is 15.3 Å². The fourth-order valence-electron chi connectivity index (χ4n) is 3.99. The van der Waals surface area contributed by atoms with Crippen LogP contribution in [-0.2, 0) is 6.42 Å². The number of nitrogens with two attached hydrogens (primary N) is 2. The predicted molar refractivity (Wildman–Crippen MR) is 80.8 cm³/mol. The molecule has 2 fully saturated rings. The molecular formula is C15H25N5. The first-order valence-electron chi connectivity index (χ1n) is 7.55. The Balaban J connectivity index is 1.70. The summed E-state index contributed by atoms with van der Waals surface area (Å²) in [6, 6.07) is 3.63. The lowest BCUT2D eigenvalue weighted by molar-refractivity contribution is 0.112. The zero-order valence-corrected chi connectivity index (χ0v) is 12.1. The number of pyridine rings is 1. The van der Waals surface area contributed by atoms with E-state index in [1.165, 1.54) is 25.7 Å².